The molecule has 0 bridgehead atoms. The number of hydrogen-bond donors (Lipinski definition) is 1. The number of unbranched alkanes of at least 4 members (excludes halogenated alkanes) is 15. The Kier molecular flexibility index (Phi) is 22.8. The van der Waals surface area contributed by atoms with Crippen LogP contribution in [0.3, 0.4) is 0 Å². The van der Waals surface area contributed by atoms with E-state index in [-0.39, 0.29) is 11.7 Å². The molecule has 0 saturated carbocycles. The molecular weight excluding hydrogens is 558 g/mol. The molecule has 1 unspecified atom stereocenters. The van der Waals surface area contributed by atoms with Crippen LogP contribution in [0.25, 0.3) is 0 Å². The average Bonchev–Trinajstić information content (AvgIpc) is 3.04. The molecule has 0 radical (unpaired) electrons. The molecule has 0 amide bonds. The summed E-state index contributed by atoms with van der Waals surface area (Å²) in [6.07, 6.45) is 28.0. The van der Waals surface area contributed by atoms with Crippen molar-refractivity contribution in [3.63, 3.8) is 0 Å². The molecule has 44 heavy (non-hydrogen) atoms. The summed E-state index contributed by atoms with van der Waals surface area (Å²) in [5.74, 6) is -0.944. The van der Waals surface area contributed by atoms with Crippen LogP contribution in [-0.2, 0) is 20.8 Å². The molecule has 248 valence electrons. The Morgan fingerprint density at radius 2 is 1.27 bits per heavy atom. The van der Waals surface area contributed by atoms with E-state index in [0.29, 0.717) is 52.2 Å². The summed E-state index contributed by atoms with van der Waals surface area (Å²) >= 11 is 0. The van der Waals surface area contributed by atoms with Gasteiger partial charge in [0.1, 0.15) is 18.3 Å². The van der Waals surface area contributed by atoms with Crippen molar-refractivity contribution >= 4 is 5.97 Å². The van der Waals surface area contributed by atoms with Crippen LogP contribution in [0.15, 0.2) is 43.0 Å². The van der Waals surface area contributed by atoms with Crippen LogP contribution in [0.1, 0.15) is 120 Å². The van der Waals surface area contributed by atoms with Crippen LogP contribution in [0.4, 0.5) is 0 Å². The lowest BCUT2D eigenvalue weighted by molar-refractivity contribution is -0.698. The monoisotopic (exact) mass is 616 g/mol. The number of carboxylic acids is 1. The number of carboxylic acid groups (broad SMARTS) is 1. The zero-order valence-corrected chi connectivity index (χ0v) is 27.2. The maximum absolute atomic E-state index is 11.1. The first-order valence-electron chi connectivity index (χ1n) is 17.1. The second-order valence-electron chi connectivity index (χ2n) is 11.5. The Morgan fingerprint density at radius 1 is 0.727 bits per heavy atom. The van der Waals surface area contributed by atoms with Gasteiger partial charge in [0.15, 0.2) is 18.9 Å². The van der Waals surface area contributed by atoms with Crippen LogP contribution in [0.2, 0.25) is 0 Å². The van der Waals surface area contributed by atoms with Crippen molar-refractivity contribution in [3.05, 3.63) is 48.5 Å². The number of nitrogens with zero attached hydrogens (tertiary/aromatic N) is 3. The fourth-order valence-electron chi connectivity index (χ4n) is 4.97. The van der Waals surface area contributed by atoms with Gasteiger partial charge in [-0.15, -0.1) is 0 Å². The Bertz CT molecular complexity index is 949. The van der Waals surface area contributed by atoms with Crippen molar-refractivity contribution in [3.8, 4) is 6.01 Å². The standard InChI is InChI=1S/C35H57N3O6/c1-2-3-4-5-6-7-8-9-10-11-12-13-14-15-16-17-25-42-30-33(44-35-36-21-19-22-37-35)31-43-28-27-41-26-24-38-23-18-20-32(29-38)34(39)40/h18-23,29,33H,2-17,24-28,30-31H2,1H3/p+1. The molecule has 0 saturated heterocycles. The molecule has 1 atom stereocenters. The van der Waals surface area contributed by atoms with Gasteiger partial charge >= 0.3 is 12.0 Å². The van der Waals surface area contributed by atoms with Crippen molar-refractivity contribution in [2.75, 3.05) is 39.6 Å². The van der Waals surface area contributed by atoms with E-state index in [0.717, 1.165) is 6.42 Å². The van der Waals surface area contributed by atoms with E-state index in [2.05, 4.69) is 16.9 Å². The zero-order valence-electron chi connectivity index (χ0n) is 27.2. The third-order valence-electron chi connectivity index (χ3n) is 7.53. The summed E-state index contributed by atoms with van der Waals surface area (Å²) in [6, 6.07) is 5.34. The van der Waals surface area contributed by atoms with E-state index >= 15 is 0 Å². The fourth-order valence-corrected chi connectivity index (χ4v) is 4.97. The normalized spacial score (nSPS) is 11.9. The molecule has 0 aliphatic rings. The minimum absolute atomic E-state index is 0.251. The molecule has 0 aliphatic heterocycles. The van der Waals surface area contributed by atoms with Gasteiger partial charge in [0.2, 0.25) is 0 Å². The molecule has 0 aliphatic carbocycles. The summed E-state index contributed by atoms with van der Waals surface area (Å²) in [5, 5.41) is 9.11. The van der Waals surface area contributed by atoms with Crippen LogP contribution in [0.5, 0.6) is 6.01 Å². The number of rotatable bonds is 30. The number of ether oxygens (including phenoxy) is 4. The first-order chi connectivity index (χ1) is 21.7. The first kappa shape index (κ1) is 37.6. The van der Waals surface area contributed by atoms with Gasteiger partial charge in [0.25, 0.3) is 0 Å². The van der Waals surface area contributed by atoms with Crippen molar-refractivity contribution in [1.82, 2.24) is 9.97 Å². The van der Waals surface area contributed by atoms with Gasteiger partial charge in [0, 0.05) is 25.1 Å². The van der Waals surface area contributed by atoms with E-state index in [1.165, 1.54) is 96.3 Å². The summed E-state index contributed by atoms with van der Waals surface area (Å²) < 4.78 is 25.1. The van der Waals surface area contributed by atoms with Gasteiger partial charge in [0.05, 0.1) is 26.4 Å². The van der Waals surface area contributed by atoms with Gasteiger partial charge in [-0.3, -0.25) is 0 Å². The van der Waals surface area contributed by atoms with Gasteiger partial charge in [-0.05, 0) is 18.6 Å². The van der Waals surface area contributed by atoms with E-state index in [1.54, 1.807) is 41.4 Å². The van der Waals surface area contributed by atoms with Crippen molar-refractivity contribution in [2.24, 2.45) is 0 Å². The van der Waals surface area contributed by atoms with Crippen molar-refractivity contribution in [2.45, 2.75) is 122 Å². The maximum Gasteiger partial charge on any atom is 0.341 e. The summed E-state index contributed by atoms with van der Waals surface area (Å²) in [4.78, 5) is 19.4. The highest BCUT2D eigenvalue weighted by atomic mass is 16.6. The van der Waals surface area contributed by atoms with E-state index in [4.69, 9.17) is 24.1 Å². The lowest BCUT2D eigenvalue weighted by Crippen LogP contribution is -2.36. The minimum atomic E-state index is -0.944. The number of hydrogen-bond acceptors (Lipinski definition) is 7. The molecule has 9 heteroatoms. The molecule has 9 nitrogen and oxygen atoms in total. The summed E-state index contributed by atoms with van der Waals surface area (Å²) in [6.45, 7) is 5.59. The predicted octanol–water partition coefficient (Wildman–Crippen LogP) is 7.22. The lowest BCUT2D eigenvalue weighted by Gasteiger charge is -2.18. The highest BCUT2D eigenvalue weighted by Gasteiger charge is 2.13. The SMILES string of the molecule is CCCCCCCCCCCCCCCCCCOCC(COCCOCC[n+]1cccc(C(=O)O)c1)Oc1ncccn1. The van der Waals surface area contributed by atoms with Crippen molar-refractivity contribution in [1.29, 1.82) is 0 Å². The molecule has 0 spiro atoms. The molecule has 2 heterocycles. The van der Waals surface area contributed by atoms with Crippen molar-refractivity contribution < 1.29 is 33.4 Å². The number of carbonyl (C=O) groups is 1. The second kappa shape index (κ2) is 26.8. The predicted molar refractivity (Wildman–Crippen MR) is 172 cm³/mol. The van der Waals surface area contributed by atoms with Gasteiger partial charge in [-0.2, -0.15) is 0 Å². The first-order valence-corrected chi connectivity index (χ1v) is 17.1. The highest BCUT2D eigenvalue weighted by Crippen LogP contribution is 2.14. The number of aromatic carboxylic acids is 1. The Hall–Kier alpha value is -2.62. The van der Waals surface area contributed by atoms with Gasteiger partial charge in [-0.25, -0.2) is 19.3 Å². The third-order valence-corrected chi connectivity index (χ3v) is 7.53. The molecule has 0 aromatic carbocycles. The largest absolute Gasteiger partial charge is 0.477 e. The smallest absolute Gasteiger partial charge is 0.341 e. The Balaban J connectivity index is 1.46. The lowest BCUT2D eigenvalue weighted by atomic mass is 10.0. The van der Waals surface area contributed by atoms with Crippen LogP contribution < -0.4 is 9.30 Å². The fraction of sp³-hybridized carbons (Fsp3) is 0.714. The third kappa shape index (κ3) is 20.4. The van der Waals surface area contributed by atoms with E-state index in [9.17, 15) is 4.79 Å². The van der Waals surface area contributed by atoms with E-state index < -0.39 is 5.97 Å². The van der Waals surface area contributed by atoms with Gasteiger partial charge < -0.3 is 24.1 Å². The quantitative estimate of drug-likeness (QED) is 0.0725. The van der Waals surface area contributed by atoms with Crippen LogP contribution in [0, 0.1) is 0 Å². The highest BCUT2D eigenvalue weighted by molar-refractivity contribution is 5.86. The molecule has 2 aromatic heterocycles. The average molecular weight is 617 g/mol. The summed E-state index contributed by atoms with van der Waals surface area (Å²) in [5.41, 5.74) is 0.251. The maximum atomic E-state index is 11.1. The number of pyridine rings is 1. The molecular formula is C35H58N3O6+. The summed E-state index contributed by atoms with van der Waals surface area (Å²) in [7, 11) is 0. The molecule has 0 fully saturated rings. The molecule has 2 aromatic rings. The number of aromatic nitrogens is 3. The van der Waals surface area contributed by atoms with Gasteiger partial charge in [-0.1, -0.05) is 103 Å². The topological polar surface area (TPSA) is 104 Å². The zero-order chi connectivity index (χ0) is 31.3. The Labute approximate surface area is 265 Å². The molecule has 1 N–H and O–H groups in total. The van der Waals surface area contributed by atoms with Crippen LogP contribution >= 0.6 is 0 Å². The van der Waals surface area contributed by atoms with E-state index in [1.807, 2.05) is 6.20 Å². The second-order valence-corrected chi connectivity index (χ2v) is 11.5. The molecule has 2 rings (SSSR count). The Morgan fingerprint density at radius 3 is 1.86 bits per heavy atom. The minimum Gasteiger partial charge on any atom is -0.477 e. The van der Waals surface area contributed by atoms with Crippen LogP contribution in [-0.4, -0.2) is 66.8 Å².